The lowest BCUT2D eigenvalue weighted by atomic mass is 10.0. The molecule has 0 bridgehead atoms. The lowest BCUT2D eigenvalue weighted by molar-refractivity contribution is 0.301. The Morgan fingerprint density at radius 2 is 1.79 bits per heavy atom. The summed E-state index contributed by atoms with van der Waals surface area (Å²) in [6.07, 6.45) is 3.18. The van der Waals surface area contributed by atoms with Gasteiger partial charge in [0.2, 0.25) is 5.88 Å². The van der Waals surface area contributed by atoms with Crippen molar-refractivity contribution in [3.8, 4) is 28.4 Å². The van der Waals surface area contributed by atoms with Gasteiger partial charge in [-0.3, -0.25) is 9.36 Å². The summed E-state index contributed by atoms with van der Waals surface area (Å²) in [5.41, 5.74) is 3.02. The molecule has 0 fully saturated rings. The van der Waals surface area contributed by atoms with E-state index >= 15 is 0 Å². The van der Waals surface area contributed by atoms with Crippen molar-refractivity contribution in [3.05, 3.63) is 107 Å². The normalized spacial score (nSPS) is 11.4. The highest BCUT2D eigenvalue weighted by molar-refractivity contribution is 7.91. The Morgan fingerprint density at radius 1 is 0.947 bits per heavy atom. The second-order valence-electron chi connectivity index (χ2n) is 8.52. The molecule has 0 saturated carbocycles. The first kappa shape index (κ1) is 25.2. The van der Waals surface area contributed by atoms with Gasteiger partial charge < -0.3 is 9.47 Å². The minimum atomic E-state index is -3.47. The van der Waals surface area contributed by atoms with Crippen LogP contribution in [0.15, 0.2) is 101 Å². The van der Waals surface area contributed by atoms with Crippen LogP contribution in [-0.4, -0.2) is 35.8 Å². The summed E-state index contributed by atoms with van der Waals surface area (Å²) >= 11 is 0. The number of methoxy groups -OCH3 is 1. The van der Waals surface area contributed by atoms with E-state index in [1.165, 1.54) is 23.8 Å². The quantitative estimate of drug-likeness (QED) is 0.285. The van der Waals surface area contributed by atoms with Gasteiger partial charge in [-0.15, -0.1) is 0 Å². The molecule has 3 aromatic heterocycles. The first-order valence-electron chi connectivity index (χ1n) is 12.0. The predicted octanol–water partition coefficient (Wildman–Crippen LogP) is 4.83. The molecule has 2 aromatic carbocycles. The Kier molecular flexibility index (Phi) is 6.93. The summed E-state index contributed by atoms with van der Waals surface area (Å²) in [5, 5.41) is 1.04. The maximum atomic E-state index is 13.2. The van der Waals surface area contributed by atoms with E-state index in [4.69, 9.17) is 9.47 Å². The van der Waals surface area contributed by atoms with Crippen LogP contribution in [0.3, 0.4) is 0 Å². The summed E-state index contributed by atoms with van der Waals surface area (Å²) in [7, 11) is -1.97. The van der Waals surface area contributed by atoms with Crippen molar-refractivity contribution < 1.29 is 17.9 Å². The molecule has 0 atom stereocenters. The maximum Gasteiger partial charge on any atom is 0.258 e. The fourth-order valence-corrected chi connectivity index (χ4v) is 5.01. The minimum absolute atomic E-state index is 0.0382. The Hall–Kier alpha value is -4.50. The van der Waals surface area contributed by atoms with Crippen LogP contribution in [0.2, 0.25) is 0 Å². The van der Waals surface area contributed by atoms with Crippen molar-refractivity contribution in [1.29, 1.82) is 0 Å². The highest BCUT2D eigenvalue weighted by Crippen LogP contribution is 2.31. The second-order valence-corrected chi connectivity index (χ2v) is 10.8. The molecule has 192 valence electrons. The summed E-state index contributed by atoms with van der Waals surface area (Å²) < 4.78 is 37.8. The molecule has 0 amide bonds. The number of hydrogen-bond acceptors (Lipinski definition) is 7. The van der Waals surface area contributed by atoms with E-state index < -0.39 is 9.84 Å². The highest BCUT2D eigenvalue weighted by atomic mass is 32.2. The van der Waals surface area contributed by atoms with Crippen molar-refractivity contribution in [2.45, 2.75) is 18.4 Å². The first-order chi connectivity index (χ1) is 18.4. The lowest BCUT2D eigenvalue weighted by Gasteiger charge is -2.15. The monoisotopic (exact) mass is 527 g/mol. The number of para-hydroxylation sites is 1. The van der Waals surface area contributed by atoms with Crippen LogP contribution in [0.1, 0.15) is 12.6 Å². The average molecular weight is 528 g/mol. The molecule has 0 spiro atoms. The van der Waals surface area contributed by atoms with E-state index in [1.807, 2.05) is 36.4 Å². The molecular formula is C29H25N3O5S. The van der Waals surface area contributed by atoms with Gasteiger partial charge in [-0.1, -0.05) is 31.2 Å². The molecule has 0 saturated heterocycles. The van der Waals surface area contributed by atoms with Crippen LogP contribution in [0.5, 0.6) is 11.6 Å². The number of pyridine rings is 3. The minimum Gasteiger partial charge on any atom is -0.487 e. The Morgan fingerprint density at radius 3 is 2.58 bits per heavy atom. The second kappa shape index (κ2) is 10.5. The zero-order valence-electron chi connectivity index (χ0n) is 20.9. The van der Waals surface area contributed by atoms with Gasteiger partial charge in [0.1, 0.15) is 12.4 Å². The smallest absolute Gasteiger partial charge is 0.258 e. The summed E-state index contributed by atoms with van der Waals surface area (Å²) in [4.78, 5) is 22.1. The fourth-order valence-electron chi connectivity index (χ4n) is 4.10. The standard InChI is InChI=1S/C29H25N3O5S/c1-3-38(34,35)24-10-11-27(25(18-24)21-12-14-30-28(16-21)36-2)32-15-13-23(17-29(32)33)37-19-22-9-8-20-6-4-5-7-26(20)31-22/h4-18H,3,19H2,1-2H3. The van der Waals surface area contributed by atoms with Crippen LogP contribution in [0.4, 0.5) is 0 Å². The molecule has 9 heteroatoms. The number of fused-ring (bicyclic) bond motifs is 1. The van der Waals surface area contributed by atoms with Crippen LogP contribution in [0, 0.1) is 0 Å². The van der Waals surface area contributed by atoms with Crippen LogP contribution in [0.25, 0.3) is 27.7 Å². The number of hydrogen-bond donors (Lipinski definition) is 0. The van der Waals surface area contributed by atoms with Crippen molar-refractivity contribution >= 4 is 20.7 Å². The summed E-state index contributed by atoms with van der Waals surface area (Å²) in [6.45, 7) is 1.80. The molecule has 0 N–H and O–H groups in total. The van der Waals surface area contributed by atoms with Gasteiger partial charge in [0.15, 0.2) is 9.84 Å². The Bertz CT molecular complexity index is 1800. The predicted molar refractivity (Wildman–Crippen MR) is 146 cm³/mol. The van der Waals surface area contributed by atoms with Crippen LogP contribution < -0.4 is 15.0 Å². The van der Waals surface area contributed by atoms with E-state index in [0.29, 0.717) is 28.4 Å². The average Bonchev–Trinajstić information content (AvgIpc) is 2.95. The largest absolute Gasteiger partial charge is 0.487 e. The third-order valence-corrected chi connectivity index (χ3v) is 7.89. The lowest BCUT2D eigenvalue weighted by Crippen LogP contribution is -2.18. The number of sulfone groups is 1. The van der Waals surface area contributed by atoms with E-state index in [9.17, 15) is 13.2 Å². The van der Waals surface area contributed by atoms with Gasteiger partial charge in [-0.05, 0) is 48.0 Å². The van der Waals surface area contributed by atoms with Gasteiger partial charge in [0.05, 0.1) is 34.7 Å². The number of ether oxygens (including phenoxy) is 2. The number of nitrogens with zero attached hydrogens (tertiary/aromatic N) is 3. The third-order valence-electron chi connectivity index (χ3n) is 6.16. The zero-order valence-corrected chi connectivity index (χ0v) is 21.7. The summed E-state index contributed by atoms with van der Waals surface area (Å²) in [6, 6.07) is 22.9. The summed E-state index contributed by atoms with van der Waals surface area (Å²) in [5.74, 6) is 0.734. The van der Waals surface area contributed by atoms with Crippen molar-refractivity contribution in [2.24, 2.45) is 0 Å². The molecule has 3 heterocycles. The van der Waals surface area contributed by atoms with Gasteiger partial charge in [-0.2, -0.15) is 0 Å². The van der Waals surface area contributed by atoms with E-state index in [-0.39, 0.29) is 22.8 Å². The molecule has 5 rings (SSSR count). The maximum absolute atomic E-state index is 13.2. The molecule has 0 aliphatic carbocycles. The van der Waals surface area contributed by atoms with E-state index in [2.05, 4.69) is 9.97 Å². The molecule has 8 nitrogen and oxygen atoms in total. The topological polar surface area (TPSA) is 100 Å². The molecule has 5 aromatic rings. The van der Waals surface area contributed by atoms with Crippen molar-refractivity contribution in [1.82, 2.24) is 14.5 Å². The van der Waals surface area contributed by atoms with Crippen molar-refractivity contribution in [2.75, 3.05) is 12.9 Å². The molecule has 0 unspecified atom stereocenters. The highest BCUT2D eigenvalue weighted by Gasteiger charge is 2.17. The molecule has 0 aliphatic rings. The van der Waals surface area contributed by atoms with Crippen molar-refractivity contribution in [3.63, 3.8) is 0 Å². The SMILES string of the molecule is CCS(=O)(=O)c1ccc(-n2ccc(OCc3ccc4ccccc4n3)cc2=O)c(-c2ccnc(OC)c2)c1. The van der Waals surface area contributed by atoms with Crippen LogP contribution >= 0.6 is 0 Å². The van der Waals surface area contributed by atoms with Gasteiger partial charge in [-0.25, -0.2) is 18.4 Å². The zero-order chi connectivity index (χ0) is 26.7. The molecular weight excluding hydrogens is 502 g/mol. The van der Waals surface area contributed by atoms with Crippen LogP contribution in [-0.2, 0) is 16.4 Å². The van der Waals surface area contributed by atoms with E-state index in [0.717, 1.165) is 16.6 Å². The Balaban J connectivity index is 1.49. The molecule has 0 aliphatic heterocycles. The van der Waals surface area contributed by atoms with Gasteiger partial charge in [0, 0.05) is 35.5 Å². The van der Waals surface area contributed by atoms with E-state index in [1.54, 1.807) is 49.6 Å². The number of benzene rings is 2. The Labute approximate surface area is 220 Å². The fraction of sp³-hybridized carbons (Fsp3) is 0.138. The first-order valence-corrected chi connectivity index (χ1v) is 13.6. The number of aromatic nitrogens is 3. The molecule has 38 heavy (non-hydrogen) atoms. The van der Waals surface area contributed by atoms with Gasteiger partial charge in [0.25, 0.3) is 5.56 Å². The van der Waals surface area contributed by atoms with Gasteiger partial charge >= 0.3 is 0 Å². The number of rotatable bonds is 8. The third kappa shape index (κ3) is 5.14. The molecule has 0 radical (unpaired) electrons.